The fourth-order valence-corrected chi connectivity index (χ4v) is 4.98. The molecule has 222 valence electrons. The first kappa shape index (κ1) is 31.4. The minimum absolute atomic E-state index is 0.0769. The third-order valence-electron chi connectivity index (χ3n) is 5.43. The van der Waals surface area contributed by atoms with Crippen molar-refractivity contribution in [2.45, 2.75) is 31.3 Å². The molecule has 2 aromatic carbocycles. The van der Waals surface area contributed by atoms with Gasteiger partial charge in [0.05, 0.1) is 28.3 Å². The molecule has 0 radical (unpaired) electrons. The molecule has 3 aromatic rings. The molecule has 0 fully saturated rings. The minimum atomic E-state index is -4.98. The summed E-state index contributed by atoms with van der Waals surface area (Å²) >= 11 is 6.35. The normalized spacial score (nSPS) is 11.6. The van der Waals surface area contributed by atoms with E-state index in [1.54, 1.807) is 11.9 Å². The van der Waals surface area contributed by atoms with E-state index in [2.05, 4.69) is 10.3 Å². The molecule has 16 heteroatoms. The van der Waals surface area contributed by atoms with E-state index in [-0.39, 0.29) is 39.5 Å². The standard InChI is InChI=1S/C25H28ClF2N5O7S/c1-25(2,3)40-24(36)33(22-29-8-11-39-22)41(37,38)21-13-16(26)19(14-17(21)28)30-18-7-6-15(27)12-20(18)31(4)9-10-32(5)23(34)35/h6-8,11-14,30H,9-10H2,1-5H3,(H,34,35). The molecule has 3 rings (SSSR count). The Balaban J connectivity index is 1.98. The van der Waals surface area contributed by atoms with Gasteiger partial charge in [0.25, 0.3) is 10.0 Å². The maximum absolute atomic E-state index is 15.4. The molecule has 1 aromatic heterocycles. The van der Waals surface area contributed by atoms with Crippen LogP contribution in [0.5, 0.6) is 0 Å². The van der Waals surface area contributed by atoms with Crippen molar-refractivity contribution in [1.82, 2.24) is 9.88 Å². The monoisotopic (exact) mass is 615 g/mol. The van der Waals surface area contributed by atoms with Crippen LogP contribution in [0.3, 0.4) is 0 Å². The number of nitrogens with zero attached hydrogens (tertiary/aromatic N) is 4. The first-order valence-electron chi connectivity index (χ1n) is 11.9. The van der Waals surface area contributed by atoms with Gasteiger partial charge in [-0.2, -0.15) is 0 Å². The fourth-order valence-electron chi connectivity index (χ4n) is 3.41. The van der Waals surface area contributed by atoms with Gasteiger partial charge in [0.15, 0.2) is 0 Å². The number of carbonyl (C=O) groups is 2. The van der Waals surface area contributed by atoms with Crippen molar-refractivity contribution in [1.29, 1.82) is 0 Å². The highest BCUT2D eigenvalue weighted by Gasteiger charge is 2.39. The fraction of sp³-hybridized carbons (Fsp3) is 0.320. The van der Waals surface area contributed by atoms with Crippen molar-refractivity contribution in [2.75, 3.05) is 41.7 Å². The number of benzene rings is 2. The van der Waals surface area contributed by atoms with E-state index < -0.39 is 50.4 Å². The van der Waals surface area contributed by atoms with E-state index >= 15 is 4.39 Å². The molecule has 0 aliphatic carbocycles. The lowest BCUT2D eigenvalue weighted by molar-refractivity contribution is 0.0603. The van der Waals surface area contributed by atoms with Crippen LogP contribution in [0.25, 0.3) is 0 Å². The number of anilines is 4. The molecule has 0 unspecified atom stereocenters. The van der Waals surface area contributed by atoms with Gasteiger partial charge < -0.3 is 29.4 Å². The molecular weight excluding hydrogens is 588 g/mol. The molecule has 0 saturated heterocycles. The van der Waals surface area contributed by atoms with Crippen LogP contribution >= 0.6 is 11.6 Å². The van der Waals surface area contributed by atoms with E-state index in [0.29, 0.717) is 0 Å². The van der Waals surface area contributed by atoms with Gasteiger partial charge in [0.1, 0.15) is 28.4 Å². The maximum Gasteiger partial charge on any atom is 0.433 e. The van der Waals surface area contributed by atoms with Crippen molar-refractivity contribution in [3.05, 3.63) is 59.4 Å². The second-order valence-electron chi connectivity index (χ2n) is 9.74. The van der Waals surface area contributed by atoms with Crippen molar-refractivity contribution >= 4 is 56.9 Å². The number of amides is 2. The molecule has 0 spiro atoms. The number of ether oxygens (including phenoxy) is 1. The summed E-state index contributed by atoms with van der Waals surface area (Å²) in [6, 6.07) is 4.59. The first-order chi connectivity index (χ1) is 19.0. The van der Waals surface area contributed by atoms with Gasteiger partial charge in [-0.15, -0.1) is 4.31 Å². The van der Waals surface area contributed by atoms with Crippen molar-refractivity contribution in [3.8, 4) is 0 Å². The van der Waals surface area contributed by atoms with Gasteiger partial charge in [0.2, 0.25) is 0 Å². The smallest absolute Gasteiger partial charge is 0.433 e. The zero-order valence-corrected chi connectivity index (χ0v) is 24.3. The lowest BCUT2D eigenvalue weighted by Crippen LogP contribution is -2.41. The molecular formula is C25H28ClF2N5O7S. The van der Waals surface area contributed by atoms with E-state index in [9.17, 15) is 22.4 Å². The lowest BCUT2D eigenvalue weighted by Gasteiger charge is -2.26. The first-order valence-corrected chi connectivity index (χ1v) is 13.7. The van der Waals surface area contributed by atoms with Crippen LogP contribution in [-0.4, -0.2) is 68.4 Å². The number of oxazole rings is 1. The second-order valence-corrected chi connectivity index (χ2v) is 11.9. The summed E-state index contributed by atoms with van der Waals surface area (Å²) in [6.07, 6.45) is -0.405. The average molecular weight is 616 g/mol. The van der Waals surface area contributed by atoms with Crippen LogP contribution in [0.4, 0.5) is 41.4 Å². The van der Waals surface area contributed by atoms with Gasteiger partial charge in [-0.25, -0.2) is 31.8 Å². The summed E-state index contributed by atoms with van der Waals surface area (Å²) in [5, 5.41) is 11.7. The summed E-state index contributed by atoms with van der Waals surface area (Å²) in [4.78, 5) is 29.3. The Morgan fingerprint density at radius 1 is 1.12 bits per heavy atom. The Morgan fingerprint density at radius 3 is 2.39 bits per heavy atom. The molecule has 0 aliphatic heterocycles. The molecule has 0 aliphatic rings. The lowest BCUT2D eigenvalue weighted by atomic mass is 10.2. The molecule has 0 saturated carbocycles. The highest BCUT2D eigenvalue weighted by molar-refractivity contribution is 7.93. The quantitative estimate of drug-likeness (QED) is 0.315. The third kappa shape index (κ3) is 7.55. The molecule has 2 amide bonds. The van der Waals surface area contributed by atoms with Crippen LogP contribution in [0.15, 0.2) is 52.1 Å². The Labute approximate surface area is 240 Å². The van der Waals surface area contributed by atoms with Crippen molar-refractivity contribution in [3.63, 3.8) is 0 Å². The summed E-state index contributed by atoms with van der Waals surface area (Å²) in [5.74, 6) is -1.87. The maximum atomic E-state index is 15.4. The van der Waals surface area contributed by atoms with E-state index in [1.807, 2.05) is 0 Å². The Bertz CT molecular complexity index is 1530. The number of hydrogen-bond acceptors (Lipinski definition) is 9. The number of nitrogens with one attached hydrogen (secondary N) is 1. The van der Waals surface area contributed by atoms with Crippen LogP contribution < -0.4 is 14.5 Å². The summed E-state index contributed by atoms with van der Waals surface area (Å²) in [5.41, 5.74) is -0.632. The Kier molecular flexibility index (Phi) is 9.33. The number of aromatic nitrogens is 1. The molecule has 2 N–H and O–H groups in total. The van der Waals surface area contributed by atoms with Crippen LogP contribution in [0, 0.1) is 11.6 Å². The molecule has 0 bridgehead atoms. The summed E-state index contributed by atoms with van der Waals surface area (Å²) in [6.45, 7) is 4.81. The van der Waals surface area contributed by atoms with E-state index in [1.165, 1.54) is 40.0 Å². The zero-order valence-electron chi connectivity index (χ0n) is 22.7. The van der Waals surface area contributed by atoms with Crippen molar-refractivity contribution < 1.29 is 41.0 Å². The van der Waals surface area contributed by atoms with Gasteiger partial charge in [-0.3, -0.25) is 0 Å². The Morgan fingerprint density at radius 2 is 1.80 bits per heavy atom. The topological polar surface area (TPSA) is 146 Å². The molecule has 12 nitrogen and oxygen atoms in total. The number of rotatable bonds is 9. The van der Waals surface area contributed by atoms with Gasteiger partial charge >= 0.3 is 18.2 Å². The number of carbonyl (C=O) groups excluding carboxylic acids is 1. The molecule has 0 atom stereocenters. The van der Waals surface area contributed by atoms with Crippen LogP contribution in [-0.2, 0) is 14.8 Å². The largest absolute Gasteiger partial charge is 0.465 e. The number of likely N-dealkylation sites (N-methyl/N-ethyl adjacent to an activating group) is 2. The number of sulfonamides is 1. The predicted molar refractivity (Wildman–Crippen MR) is 147 cm³/mol. The predicted octanol–water partition coefficient (Wildman–Crippen LogP) is 5.53. The summed E-state index contributed by atoms with van der Waals surface area (Å²) in [7, 11) is -2.00. The average Bonchev–Trinajstić information content (AvgIpc) is 3.37. The zero-order chi connectivity index (χ0) is 30.7. The SMILES string of the molecule is CN(CCN(C)c1cc(F)ccc1Nc1cc(F)c(S(=O)(=O)N(C(=O)OC(C)(C)C)c2ncco2)cc1Cl)C(=O)O. The molecule has 1 heterocycles. The highest BCUT2D eigenvalue weighted by atomic mass is 35.5. The minimum Gasteiger partial charge on any atom is -0.465 e. The van der Waals surface area contributed by atoms with Crippen molar-refractivity contribution in [2.24, 2.45) is 0 Å². The highest BCUT2D eigenvalue weighted by Crippen LogP contribution is 2.36. The number of carboxylic acid groups (broad SMARTS) is 1. The second kappa shape index (κ2) is 12.2. The van der Waals surface area contributed by atoms with Gasteiger partial charge in [0, 0.05) is 33.3 Å². The number of hydrogen-bond donors (Lipinski definition) is 2. The van der Waals surface area contributed by atoms with Crippen LogP contribution in [0.2, 0.25) is 5.02 Å². The van der Waals surface area contributed by atoms with E-state index in [0.717, 1.165) is 35.6 Å². The van der Waals surface area contributed by atoms with Crippen LogP contribution in [0.1, 0.15) is 20.8 Å². The van der Waals surface area contributed by atoms with E-state index in [4.69, 9.17) is 25.9 Å². The summed E-state index contributed by atoms with van der Waals surface area (Å²) < 4.78 is 66.7. The molecule has 41 heavy (non-hydrogen) atoms. The third-order valence-corrected chi connectivity index (χ3v) is 7.40. The number of halogens is 3. The van der Waals surface area contributed by atoms with Gasteiger partial charge in [-0.1, -0.05) is 11.6 Å². The van der Waals surface area contributed by atoms with Gasteiger partial charge in [-0.05, 0) is 45.0 Å². The Hall–Kier alpha value is -4.11.